The second-order valence-electron chi connectivity index (χ2n) is 4.09. The van der Waals surface area contributed by atoms with Crippen molar-refractivity contribution in [3.63, 3.8) is 0 Å². The van der Waals surface area contributed by atoms with Gasteiger partial charge >= 0.3 is 7.60 Å². The summed E-state index contributed by atoms with van der Waals surface area (Å²) in [6.07, 6.45) is 1.62. The summed E-state index contributed by atoms with van der Waals surface area (Å²) in [4.78, 5) is 0. The average Bonchev–Trinajstić information content (AvgIpc) is 2.86. The van der Waals surface area contributed by atoms with E-state index in [1.165, 1.54) is 23.5 Å². The molecule has 2 rings (SSSR count). The van der Waals surface area contributed by atoms with Crippen LogP contribution >= 0.6 is 7.60 Å². The highest BCUT2D eigenvalue weighted by atomic mass is 31.2. The lowest BCUT2D eigenvalue weighted by molar-refractivity contribution is 0.207. The third-order valence-electron chi connectivity index (χ3n) is 2.44. The normalized spacial score (nSPS) is 14.2. The highest BCUT2D eigenvalue weighted by Gasteiger charge is 2.16. The van der Waals surface area contributed by atoms with E-state index in [1.54, 1.807) is 25.3 Å². The van der Waals surface area contributed by atoms with E-state index in [4.69, 9.17) is 9.05 Å². The van der Waals surface area contributed by atoms with Crippen LogP contribution < -0.4 is 0 Å². The van der Waals surface area contributed by atoms with Gasteiger partial charge in [0.05, 0.1) is 18.5 Å². The Morgan fingerprint density at radius 1 is 1.30 bits per heavy atom. The first-order valence-electron chi connectivity index (χ1n) is 6.04. The van der Waals surface area contributed by atoms with E-state index in [1.807, 2.05) is 0 Å². The first-order chi connectivity index (χ1) is 9.50. The molecule has 0 fully saturated rings. The van der Waals surface area contributed by atoms with Crippen LogP contribution in [0.3, 0.4) is 0 Å². The predicted molar refractivity (Wildman–Crippen MR) is 71.3 cm³/mol. The second kappa shape index (κ2) is 6.26. The third kappa shape index (κ3) is 3.96. The lowest BCUT2D eigenvalue weighted by atomic mass is 10.3. The molecule has 0 aliphatic rings. The molecule has 2 aromatic rings. The van der Waals surface area contributed by atoms with Crippen molar-refractivity contribution in [2.24, 2.45) is 0 Å². The summed E-state index contributed by atoms with van der Waals surface area (Å²) in [5.41, 5.74) is 1.19. The molecule has 0 saturated heterocycles. The maximum atomic E-state index is 12.8. The Balaban J connectivity index is 2.02. The topological polar surface area (TPSA) is 66.2 Å². The molecule has 1 aromatic carbocycles. The molecule has 0 amide bonds. The van der Waals surface area contributed by atoms with Crippen molar-refractivity contribution in [2.75, 3.05) is 13.3 Å². The summed E-state index contributed by atoms with van der Waals surface area (Å²) < 4.78 is 36.2. The minimum absolute atomic E-state index is 0.0367. The Morgan fingerprint density at radius 2 is 2.00 bits per heavy atom. The van der Waals surface area contributed by atoms with Crippen molar-refractivity contribution in [1.82, 2.24) is 15.0 Å². The number of benzene rings is 1. The van der Waals surface area contributed by atoms with Crippen molar-refractivity contribution in [1.29, 1.82) is 0 Å². The van der Waals surface area contributed by atoms with Crippen LogP contribution in [0, 0.1) is 5.82 Å². The van der Waals surface area contributed by atoms with Crippen LogP contribution in [-0.2, 0) is 20.2 Å². The molecule has 6 nitrogen and oxygen atoms in total. The van der Waals surface area contributed by atoms with Crippen molar-refractivity contribution in [3.8, 4) is 5.69 Å². The van der Waals surface area contributed by atoms with Gasteiger partial charge in [-0.3, -0.25) is 4.57 Å². The fraction of sp³-hybridized carbons (Fsp3) is 0.333. The molecule has 0 saturated carbocycles. The van der Waals surface area contributed by atoms with E-state index >= 15 is 0 Å². The van der Waals surface area contributed by atoms with Gasteiger partial charge in [0.25, 0.3) is 0 Å². The standard InChI is InChI=1S/C12H15FN3O3P/c1-3-18-20(2,17)19-9-11-8-16(15-14-11)12-6-4-10(13)5-7-12/h4-8H,3,9H2,1-2H3. The van der Waals surface area contributed by atoms with E-state index in [-0.39, 0.29) is 12.4 Å². The van der Waals surface area contributed by atoms with Crippen LogP contribution in [0.5, 0.6) is 0 Å². The van der Waals surface area contributed by atoms with Gasteiger partial charge in [0.15, 0.2) is 0 Å². The monoisotopic (exact) mass is 299 g/mol. The van der Waals surface area contributed by atoms with Crippen molar-refractivity contribution in [3.05, 3.63) is 42.0 Å². The quantitative estimate of drug-likeness (QED) is 0.767. The Kier molecular flexibility index (Phi) is 4.65. The summed E-state index contributed by atoms with van der Waals surface area (Å²) in [5.74, 6) is -0.318. The summed E-state index contributed by atoms with van der Waals surface area (Å²) in [6, 6.07) is 5.84. The zero-order valence-electron chi connectivity index (χ0n) is 11.2. The average molecular weight is 299 g/mol. The molecule has 1 aromatic heterocycles. The van der Waals surface area contributed by atoms with Crippen LogP contribution in [0.1, 0.15) is 12.6 Å². The molecule has 108 valence electrons. The summed E-state index contributed by atoms with van der Waals surface area (Å²) in [6.45, 7) is 3.50. The van der Waals surface area contributed by atoms with Crippen LogP contribution in [0.15, 0.2) is 30.5 Å². The molecular formula is C12H15FN3O3P. The van der Waals surface area contributed by atoms with Gasteiger partial charge in [-0.15, -0.1) is 5.10 Å². The molecule has 0 bridgehead atoms. The zero-order valence-corrected chi connectivity index (χ0v) is 12.1. The third-order valence-corrected chi connectivity index (χ3v) is 3.77. The summed E-state index contributed by atoms with van der Waals surface area (Å²) >= 11 is 0. The van der Waals surface area contributed by atoms with Gasteiger partial charge in [-0.25, -0.2) is 9.07 Å². The van der Waals surface area contributed by atoms with Crippen molar-refractivity contribution < 1.29 is 18.0 Å². The molecule has 0 radical (unpaired) electrons. The highest BCUT2D eigenvalue weighted by Crippen LogP contribution is 2.44. The van der Waals surface area contributed by atoms with Crippen LogP contribution in [0.4, 0.5) is 4.39 Å². The van der Waals surface area contributed by atoms with Crippen molar-refractivity contribution in [2.45, 2.75) is 13.5 Å². The molecule has 0 spiro atoms. The van der Waals surface area contributed by atoms with E-state index in [9.17, 15) is 8.96 Å². The minimum Gasteiger partial charge on any atom is -0.309 e. The van der Waals surface area contributed by atoms with E-state index < -0.39 is 7.60 Å². The first-order valence-corrected chi connectivity index (χ1v) is 8.03. The zero-order chi connectivity index (χ0) is 14.6. The summed E-state index contributed by atoms with van der Waals surface area (Å²) in [5, 5.41) is 7.79. The Hall–Kier alpha value is -1.56. The van der Waals surface area contributed by atoms with Gasteiger partial charge in [-0.2, -0.15) is 0 Å². The maximum absolute atomic E-state index is 12.8. The molecule has 0 aliphatic heterocycles. The highest BCUT2D eigenvalue weighted by molar-refractivity contribution is 7.52. The van der Waals surface area contributed by atoms with Gasteiger partial charge < -0.3 is 9.05 Å². The number of nitrogens with zero attached hydrogens (tertiary/aromatic N) is 3. The Morgan fingerprint density at radius 3 is 2.65 bits per heavy atom. The van der Waals surface area contributed by atoms with Gasteiger partial charge in [-0.05, 0) is 31.2 Å². The smallest absolute Gasteiger partial charge is 0.309 e. The van der Waals surface area contributed by atoms with Gasteiger partial charge in [-0.1, -0.05) is 5.21 Å². The Labute approximate surface area is 116 Å². The van der Waals surface area contributed by atoms with E-state index in [0.29, 0.717) is 18.0 Å². The molecule has 1 atom stereocenters. The van der Waals surface area contributed by atoms with E-state index in [0.717, 1.165) is 0 Å². The predicted octanol–water partition coefficient (Wildman–Crippen LogP) is 2.78. The number of rotatable bonds is 6. The molecule has 1 unspecified atom stereocenters. The number of hydrogen-bond acceptors (Lipinski definition) is 5. The van der Waals surface area contributed by atoms with Crippen LogP contribution in [0.25, 0.3) is 5.69 Å². The Bertz CT molecular complexity index is 615. The molecule has 0 aliphatic carbocycles. The van der Waals surface area contributed by atoms with Gasteiger partial charge in [0.2, 0.25) is 0 Å². The lowest BCUT2D eigenvalue weighted by Crippen LogP contribution is -1.95. The van der Waals surface area contributed by atoms with Crippen molar-refractivity contribution >= 4 is 7.60 Å². The molecule has 20 heavy (non-hydrogen) atoms. The molecule has 1 heterocycles. The number of aromatic nitrogens is 3. The molecular weight excluding hydrogens is 284 g/mol. The summed E-state index contributed by atoms with van der Waals surface area (Å²) in [7, 11) is -3.05. The van der Waals surface area contributed by atoms with Gasteiger partial charge in [0, 0.05) is 6.66 Å². The number of hydrogen-bond donors (Lipinski definition) is 0. The molecule has 0 N–H and O–H groups in total. The number of halogens is 1. The fourth-order valence-electron chi connectivity index (χ4n) is 1.54. The van der Waals surface area contributed by atoms with Crippen LogP contribution in [0.2, 0.25) is 0 Å². The molecule has 8 heteroatoms. The first kappa shape index (κ1) is 14.8. The van der Waals surface area contributed by atoms with Gasteiger partial charge in [0.1, 0.15) is 18.1 Å². The lowest BCUT2D eigenvalue weighted by Gasteiger charge is -2.11. The maximum Gasteiger partial charge on any atom is 0.328 e. The fourth-order valence-corrected chi connectivity index (χ4v) is 2.45. The van der Waals surface area contributed by atoms with E-state index in [2.05, 4.69) is 10.3 Å². The van der Waals surface area contributed by atoms with Crippen LogP contribution in [-0.4, -0.2) is 28.3 Å². The second-order valence-corrected chi connectivity index (χ2v) is 6.15. The largest absolute Gasteiger partial charge is 0.328 e. The minimum atomic E-state index is -3.05. The SMILES string of the molecule is CCOP(C)(=O)OCc1cn(-c2ccc(F)cc2)nn1.